The molecule has 1 unspecified atom stereocenters. The standard InChI is InChI=1S/C18H24N2O3.C12H14N2S/c1-5-8-13-11-20(16(22)15(13)6-2)18(3,4)17(23)19-10-7-9-14(19)12-21;1-9-12(15-8-14-9)11-5-3-10(4-6-11)7-13-2/h5-6,8,12,14H,2,7,9-11H2,1,3-4H3;3-6,8,13H,7H2,1-2H3/b8-5-;. The van der Waals surface area contributed by atoms with Crippen LogP contribution in [0.2, 0.25) is 0 Å². The van der Waals surface area contributed by atoms with Crippen molar-refractivity contribution in [1.29, 1.82) is 0 Å². The third-order valence-electron chi connectivity index (χ3n) is 6.98. The highest BCUT2D eigenvalue weighted by Crippen LogP contribution is 2.31. The topological polar surface area (TPSA) is 82.6 Å². The van der Waals surface area contributed by atoms with Crippen molar-refractivity contribution in [2.45, 2.75) is 58.7 Å². The summed E-state index contributed by atoms with van der Waals surface area (Å²) < 4.78 is 0. The summed E-state index contributed by atoms with van der Waals surface area (Å²) in [4.78, 5) is 45.5. The van der Waals surface area contributed by atoms with E-state index in [2.05, 4.69) is 41.1 Å². The number of allylic oxidation sites excluding steroid dienone is 1. The van der Waals surface area contributed by atoms with Crippen LogP contribution in [-0.2, 0) is 20.9 Å². The van der Waals surface area contributed by atoms with Crippen LogP contribution in [0.25, 0.3) is 10.4 Å². The van der Waals surface area contributed by atoms with Crippen LogP contribution < -0.4 is 5.32 Å². The average Bonchev–Trinajstić information content (AvgIpc) is 3.63. The smallest absolute Gasteiger partial charge is 0.255 e. The normalized spacial score (nSPS) is 17.7. The number of aryl methyl sites for hydroxylation is 1. The van der Waals surface area contributed by atoms with Gasteiger partial charge in [0.05, 0.1) is 22.1 Å². The third kappa shape index (κ3) is 6.19. The maximum atomic E-state index is 12.9. The van der Waals surface area contributed by atoms with Gasteiger partial charge in [0.25, 0.3) is 5.91 Å². The van der Waals surface area contributed by atoms with Gasteiger partial charge in [-0.25, -0.2) is 4.98 Å². The summed E-state index contributed by atoms with van der Waals surface area (Å²) in [5, 5.41) is 3.14. The second-order valence-corrected chi connectivity index (χ2v) is 10.8. The van der Waals surface area contributed by atoms with E-state index in [0.717, 1.165) is 30.5 Å². The predicted octanol–water partition coefficient (Wildman–Crippen LogP) is 4.69. The lowest BCUT2D eigenvalue weighted by atomic mass is 10.00. The van der Waals surface area contributed by atoms with Crippen molar-refractivity contribution < 1.29 is 14.4 Å². The van der Waals surface area contributed by atoms with Gasteiger partial charge in [-0.2, -0.15) is 0 Å². The molecule has 0 spiro atoms. The predicted molar refractivity (Wildman–Crippen MR) is 154 cm³/mol. The molecule has 0 radical (unpaired) electrons. The number of aldehydes is 1. The highest BCUT2D eigenvalue weighted by molar-refractivity contribution is 7.13. The number of nitrogens with zero attached hydrogens (tertiary/aromatic N) is 3. The molecule has 2 aliphatic heterocycles. The van der Waals surface area contributed by atoms with E-state index in [9.17, 15) is 14.4 Å². The fourth-order valence-corrected chi connectivity index (χ4v) is 5.65. The molecule has 38 heavy (non-hydrogen) atoms. The van der Waals surface area contributed by atoms with Crippen LogP contribution in [0.4, 0.5) is 0 Å². The van der Waals surface area contributed by atoms with Crippen LogP contribution in [0.3, 0.4) is 0 Å². The molecule has 3 heterocycles. The maximum absolute atomic E-state index is 12.9. The summed E-state index contributed by atoms with van der Waals surface area (Å²) in [6.07, 6.45) is 7.62. The molecule has 0 bridgehead atoms. The lowest BCUT2D eigenvalue weighted by Gasteiger charge is -2.38. The van der Waals surface area contributed by atoms with Crippen molar-refractivity contribution in [3.63, 3.8) is 0 Å². The number of carbonyl (C=O) groups is 3. The largest absolute Gasteiger partial charge is 0.331 e. The van der Waals surface area contributed by atoms with Gasteiger partial charge in [0.15, 0.2) is 0 Å². The van der Waals surface area contributed by atoms with E-state index in [1.807, 2.05) is 38.6 Å². The molecule has 0 aliphatic carbocycles. The Hall–Kier alpha value is -3.36. The van der Waals surface area contributed by atoms with Crippen LogP contribution in [-0.4, -0.2) is 64.6 Å². The zero-order valence-corrected chi connectivity index (χ0v) is 23.8. The summed E-state index contributed by atoms with van der Waals surface area (Å²) in [6.45, 7) is 13.0. The Morgan fingerprint density at radius 2 is 2.00 bits per heavy atom. The van der Waals surface area contributed by atoms with Crippen LogP contribution >= 0.6 is 11.3 Å². The Morgan fingerprint density at radius 1 is 1.29 bits per heavy atom. The number of hydrogen-bond acceptors (Lipinski definition) is 6. The number of aromatic nitrogens is 1. The van der Waals surface area contributed by atoms with E-state index >= 15 is 0 Å². The van der Waals surface area contributed by atoms with E-state index in [4.69, 9.17) is 0 Å². The molecule has 1 aromatic heterocycles. The molecule has 2 aromatic rings. The Kier molecular flexibility index (Phi) is 9.94. The first kappa shape index (κ1) is 29.2. The molecule has 0 saturated carbocycles. The van der Waals surface area contributed by atoms with Crippen LogP contribution in [0, 0.1) is 6.92 Å². The van der Waals surface area contributed by atoms with Crippen molar-refractivity contribution in [2.75, 3.05) is 20.1 Å². The van der Waals surface area contributed by atoms with Gasteiger partial charge in [0, 0.05) is 25.2 Å². The number of amides is 2. The zero-order valence-electron chi connectivity index (χ0n) is 23.0. The Morgan fingerprint density at radius 3 is 2.55 bits per heavy atom. The minimum atomic E-state index is -1.000. The summed E-state index contributed by atoms with van der Waals surface area (Å²) in [5.41, 5.74) is 5.98. The second kappa shape index (κ2) is 12.9. The van der Waals surface area contributed by atoms with Crippen LogP contribution in [0.1, 0.15) is 44.9 Å². The van der Waals surface area contributed by atoms with Crippen molar-refractivity contribution in [3.8, 4) is 10.4 Å². The molecule has 8 heteroatoms. The lowest BCUT2D eigenvalue weighted by molar-refractivity contribution is -0.150. The van der Waals surface area contributed by atoms with Crippen molar-refractivity contribution in [1.82, 2.24) is 20.1 Å². The number of thiazole rings is 1. The fourth-order valence-electron chi connectivity index (χ4n) is 4.83. The van der Waals surface area contributed by atoms with Crippen LogP contribution in [0.5, 0.6) is 0 Å². The minimum Gasteiger partial charge on any atom is -0.331 e. The van der Waals surface area contributed by atoms with E-state index in [-0.39, 0.29) is 17.9 Å². The number of hydrogen-bond donors (Lipinski definition) is 1. The Balaban J connectivity index is 0.000000230. The number of nitrogens with one attached hydrogen (secondary N) is 1. The van der Waals surface area contributed by atoms with Gasteiger partial charge in [0.1, 0.15) is 11.8 Å². The number of likely N-dealkylation sites (tertiary alicyclic amines) is 1. The van der Waals surface area contributed by atoms with Gasteiger partial charge in [-0.15, -0.1) is 11.3 Å². The van der Waals surface area contributed by atoms with Crippen molar-refractivity contribution in [3.05, 3.63) is 77.0 Å². The zero-order chi connectivity index (χ0) is 27.9. The average molecular weight is 535 g/mol. The van der Waals surface area contributed by atoms with Gasteiger partial charge >= 0.3 is 0 Å². The van der Waals surface area contributed by atoms with Gasteiger partial charge < -0.3 is 19.9 Å². The second-order valence-electron chi connectivity index (χ2n) is 9.93. The van der Waals surface area contributed by atoms with Gasteiger partial charge in [-0.05, 0) is 64.3 Å². The molecule has 2 aliphatic rings. The molecule has 2 amide bonds. The fraction of sp³-hybridized carbons (Fsp3) is 0.400. The van der Waals surface area contributed by atoms with Gasteiger partial charge in [0.2, 0.25) is 5.91 Å². The highest BCUT2D eigenvalue weighted by atomic mass is 32.1. The molecule has 1 N–H and O–H groups in total. The lowest BCUT2D eigenvalue weighted by Crippen LogP contribution is -2.58. The van der Waals surface area contributed by atoms with E-state index in [1.54, 1.807) is 41.1 Å². The Bertz CT molecular complexity index is 1230. The summed E-state index contributed by atoms with van der Waals surface area (Å²) in [5.74, 6) is -0.362. The van der Waals surface area contributed by atoms with E-state index in [0.29, 0.717) is 25.1 Å². The number of carbonyl (C=O) groups excluding carboxylic acids is 3. The molecule has 7 nitrogen and oxygen atoms in total. The Labute approximate surface area is 229 Å². The van der Waals surface area contributed by atoms with E-state index in [1.165, 1.54) is 16.0 Å². The van der Waals surface area contributed by atoms with Crippen molar-refractivity contribution in [2.24, 2.45) is 0 Å². The van der Waals surface area contributed by atoms with Gasteiger partial charge in [-0.1, -0.05) is 49.1 Å². The number of rotatable bonds is 8. The maximum Gasteiger partial charge on any atom is 0.255 e. The first-order chi connectivity index (χ1) is 18.2. The van der Waals surface area contributed by atoms with Crippen LogP contribution in [0.15, 0.2) is 65.7 Å². The first-order valence-electron chi connectivity index (χ1n) is 12.9. The molecule has 4 rings (SSSR count). The minimum absolute atomic E-state index is 0.175. The van der Waals surface area contributed by atoms with E-state index < -0.39 is 5.54 Å². The van der Waals surface area contributed by atoms with Gasteiger partial charge in [-0.3, -0.25) is 9.59 Å². The summed E-state index contributed by atoms with van der Waals surface area (Å²) in [7, 11) is 1.96. The molecular weight excluding hydrogens is 496 g/mol. The molecule has 202 valence electrons. The summed E-state index contributed by atoms with van der Waals surface area (Å²) >= 11 is 1.70. The summed E-state index contributed by atoms with van der Waals surface area (Å²) in [6, 6.07) is 8.26. The molecule has 1 saturated heterocycles. The molecular formula is C30H38N4O3S. The monoisotopic (exact) mass is 534 g/mol. The quantitative estimate of drug-likeness (QED) is 0.497. The van der Waals surface area contributed by atoms with Crippen molar-refractivity contribution >= 4 is 29.4 Å². The molecule has 1 aromatic carbocycles. The third-order valence-corrected chi connectivity index (χ3v) is 7.96. The SMILES string of the molecule is C=CC1=C(/C=C\C)CN(C(C)(C)C(=O)N2CCCC2C=O)C1=O.CNCc1ccc(-c2scnc2C)cc1. The molecule has 1 fully saturated rings. The molecule has 1 atom stereocenters. The first-order valence-corrected chi connectivity index (χ1v) is 13.8. The highest BCUT2D eigenvalue weighted by Gasteiger charge is 2.46. The number of benzene rings is 1.